The Morgan fingerprint density at radius 1 is 1.16 bits per heavy atom. The molecule has 0 radical (unpaired) electrons. The van der Waals surface area contributed by atoms with Crippen LogP contribution in [-0.4, -0.2) is 35.6 Å². The van der Waals surface area contributed by atoms with E-state index in [1.54, 1.807) is 12.1 Å². The van der Waals surface area contributed by atoms with E-state index in [4.69, 9.17) is 11.6 Å². The van der Waals surface area contributed by atoms with Gasteiger partial charge in [0.05, 0.1) is 5.69 Å². The fourth-order valence-corrected chi connectivity index (χ4v) is 3.62. The lowest BCUT2D eigenvalue weighted by molar-refractivity contribution is 0.189. The van der Waals surface area contributed by atoms with Crippen molar-refractivity contribution in [3.05, 3.63) is 64.7 Å². The Morgan fingerprint density at radius 3 is 2.72 bits per heavy atom. The maximum Gasteiger partial charge on any atom is 0.127 e. The van der Waals surface area contributed by atoms with Crippen molar-refractivity contribution in [1.29, 1.82) is 0 Å². The van der Waals surface area contributed by atoms with E-state index in [9.17, 15) is 4.39 Å². The van der Waals surface area contributed by atoms with E-state index in [2.05, 4.69) is 21.3 Å². The molecule has 1 aliphatic heterocycles. The highest BCUT2D eigenvalue weighted by atomic mass is 35.5. The molecule has 1 N–H and O–H groups in total. The Balaban J connectivity index is 1.34. The minimum Gasteiger partial charge on any atom is -0.314 e. The molecule has 2 heterocycles. The molecular formula is C20H25ClFN3. The number of likely N-dealkylation sites (tertiary alicyclic amines) is 1. The number of piperidine rings is 1. The molecule has 5 heteroatoms. The average Bonchev–Trinajstić information content (AvgIpc) is 2.63. The van der Waals surface area contributed by atoms with Gasteiger partial charge in [-0.1, -0.05) is 23.7 Å². The van der Waals surface area contributed by atoms with Gasteiger partial charge in [-0.2, -0.15) is 0 Å². The summed E-state index contributed by atoms with van der Waals surface area (Å²) in [6.45, 7) is 4.01. The normalized spacial score (nSPS) is 16.2. The molecule has 1 fully saturated rings. The number of nitrogens with one attached hydrogen (secondary N) is 1. The van der Waals surface area contributed by atoms with Gasteiger partial charge in [0.1, 0.15) is 5.82 Å². The maximum absolute atomic E-state index is 13.7. The molecule has 0 saturated carbocycles. The van der Waals surface area contributed by atoms with Crippen LogP contribution in [0.15, 0.2) is 42.6 Å². The first-order valence-corrected chi connectivity index (χ1v) is 9.38. The van der Waals surface area contributed by atoms with E-state index in [0.29, 0.717) is 23.0 Å². The molecule has 134 valence electrons. The SMILES string of the molecule is Fc1cccc(Cl)c1CCCNC1CCN(Cc2ccccn2)CC1. The lowest BCUT2D eigenvalue weighted by Crippen LogP contribution is -2.42. The predicted octanol–water partition coefficient (Wildman–Crippen LogP) is 4.06. The van der Waals surface area contributed by atoms with Crippen LogP contribution in [0, 0.1) is 5.82 Å². The number of hydrogen-bond acceptors (Lipinski definition) is 3. The second kappa shape index (κ2) is 9.27. The third kappa shape index (κ3) is 5.50. The first-order chi connectivity index (χ1) is 12.2. The molecule has 0 aliphatic carbocycles. The van der Waals surface area contributed by atoms with Crippen molar-refractivity contribution in [2.45, 2.75) is 38.3 Å². The lowest BCUT2D eigenvalue weighted by atomic mass is 10.0. The van der Waals surface area contributed by atoms with Crippen molar-refractivity contribution < 1.29 is 4.39 Å². The van der Waals surface area contributed by atoms with Crippen molar-refractivity contribution in [2.24, 2.45) is 0 Å². The van der Waals surface area contributed by atoms with Gasteiger partial charge in [-0.3, -0.25) is 9.88 Å². The zero-order valence-corrected chi connectivity index (χ0v) is 15.2. The third-order valence-corrected chi connectivity index (χ3v) is 5.15. The molecular weight excluding hydrogens is 337 g/mol. The number of nitrogens with zero attached hydrogens (tertiary/aromatic N) is 2. The predicted molar refractivity (Wildman–Crippen MR) is 100 cm³/mol. The summed E-state index contributed by atoms with van der Waals surface area (Å²) in [5.41, 5.74) is 1.77. The fourth-order valence-electron chi connectivity index (χ4n) is 3.36. The highest BCUT2D eigenvalue weighted by Crippen LogP contribution is 2.20. The van der Waals surface area contributed by atoms with Crippen molar-refractivity contribution in [1.82, 2.24) is 15.2 Å². The summed E-state index contributed by atoms with van der Waals surface area (Å²) in [6, 6.07) is 11.5. The van der Waals surface area contributed by atoms with Crippen LogP contribution in [0.2, 0.25) is 5.02 Å². The lowest BCUT2D eigenvalue weighted by Gasteiger charge is -2.32. The van der Waals surface area contributed by atoms with Crippen LogP contribution in [0.1, 0.15) is 30.5 Å². The monoisotopic (exact) mass is 361 g/mol. The van der Waals surface area contributed by atoms with Crippen LogP contribution in [-0.2, 0) is 13.0 Å². The summed E-state index contributed by atoms with van der Waals surface area (Å²) in [5.74, 6) is -0.199. The first kappa shape index (κ1) is 18.3. The quantitative estimate of drug-likeness (QED) is 0.754. The highest BCUT2D eigenvalue weighted by molar-refractivity contribution is 6.31. The van der Waals surface area contributed by atoms with Crippen LogP contribution < -0.4 is 5.32 Å². The molecule has 3 rings (SSSR count). The van der Waals surface area contributed by atoms with E-state index in [1.807, 2.05) is 18.3 Å². The van der Waals surface area contributed by atoms with Gasteiger partial charge in [-0.15, -0.1) is 0 Å². The van der Waals surface area contributed by atoms with E-state index in [-0.39, 0.29) is 5.82 Å². The smallest absolute Gasteiger partial charge is 0.127 e. The molecule has 0 amide bonds. The molecule has 3 nitrogen and oxygen atoms in total. The van der Waals surface area contributed by atoms with Gasteiger partial charge in [0, 0.05) is 42.5 Å². The minimum atomic E-state index is -0.199. The van der Waals surface area contributed by atoms with Gasteiger partial charge < -0.3 is 5.32 Å². The molecule has 1 aromatic heterocycles. The molecule has 1 aromatic carbocycles. The Morgan fingerprint density at radius 2 is 2.00 bits per heavy atom. The number of halogens is 2. The van der Waals surface area contributed by atoms with Gasteiger partial charge >= 0.3 is 0 Å². The van der Waals surface area contributed by atoms with Crippen LogP contribution in [0.3, 0.4) is 0 Å². The molecule has 0 unspecified atom stereocenters. The second-order valence-electron chi connectivity index (χ2n) is 6.63. The summed E-state index contributed by atoms with van der Waals surface area (Å²) in [4.78, 5) is 6.85. The molecule has 0 spiro atoms. The third-order valence-electron chi connectivity index (χ3n) is 4.80. The highest BCUT2D eigenvalue weighted by Gasteiger charge is 2.19. The van der Waals surface area contributed by atoms with E-state index >= 15 is 0 Å². The van der Waals surface area contributed by atoms with Gasteiger partial charge in [0.15, 0.2) is 0 Å². The Hall–Kier alpha value is -1.49. The second-order valence-corrected chi connectivity index (χ2v) is 7.04. The average molecular weight is 362 g/mol. The van der Waals surface area contributed by atoms with Gasteiger partial charge in [-0.25, -0.2) is 4.39 Å². The number of aromatic nitrogens is 1. The van der Waals surface area contributed by atoms with E-state index in [0.717, 1.165) is 51.1 Å². The van der Waals surface area contributed by atoms with Crippen LogP contribution in [0.5, 0.6) is 0 Å². The topological polar surface area (TPSA) is 28.2 Å². The summed E-state index contributed by atoms with van der Waals surface area (Å²) >= 11 is 6.07. The summed E-state index contributed by atoms with van der Waals surface area (Å²) in [6.07, 6.45) is 5.72. The Labute approximate surface area is 154 Å². The van der Waals surface area contributed by atoms with Gasteiger partial charge in [0.25, 0.3) is 0 Å². The number of rotatable bonds is 7. The standard InChI is InChI=1S/C20H25ClFN3/c21-19-7-3-8-20(22)18(19)6-4-12-23-16-9-13-25(14-10-16)15-17-5-1-2-11-24-17/h1-3,5,7-8,11,16,23H,4,6,9-10,12-15H2. The molecule has 0 atom stereocenters. The number of benzene rings is 1. The van der Waals surface area contributed by atoms with Crippen LogP contribution in [0.25, 0.3) is 0 Å². The number of pyridine rings is 1. The summed E-state index contributed by atoms with van der Waals surface area (Å²) in [5, 5.41) is 4.14. The molecule has 1 aliphatic rings. The van der Waals surface area contributed by atoms with Gasteiger partial charge in [0.2, 0.25) is 0 Å². The summed E-state index contributed by atoms with van der Waals surface area (Å²) in [7, 11) is 0. The summed E-state index contributed by atoms with van der Waals surface area (Å²) < 4.78 is 13.7. The van der Waals surface area contributed by atoms with Crippen LogP contribution in [0.4, 0.5) is 4.39 Å². The van der Waals surface area contributed by atoms with Crippen molar-refractivity contribution in [2.75, 3.05) is 19.6 Å². The first-order valence-electron chi connectivity index (χ1n) is 9.01. The number of hydrogen-bond donors (Lipinski definition) is 1. The molecule has 0 bridgehead atoms. The van der Waals surface area contributed by atoms with Crippen molar-refractivity contribution in [3.63, 3.8) is 0 Å². The minimum absolute atomic E-state index is 0.199. The van der Waals surface area contributed by atoms with Gasteiger partial charge in [-0.05, 0) is 56.5 Å². The van der Waals surface area contributed by atoms with E-state index in [1.165, 1.54) is 6.07 Å². The maximum atomic E-state index is 13.7. The molecule has 25 heavy (non-hydrogen) atoms. The Bertz CT molecular complexity index is 637. The van der Waals surface area contributed by atoms with Crippen molar-refractivity contribution in [3.8, 4) is 0 Å². The van der Waals surface area contributed by atoms with Crippen LogP contribution >= 0.6 is 11.6 Å². The molecule has 2 aromatic rings. The van der Waals surface area contributed by atoms with Crippen molar-refractivity contribution >= 4 is 11.6 Å². The van der Waals surface area contributed by atoms with E-state index < -0.39 is 0 Å². The zero-order valence-electron chi connectivity index (χ0n) is 14.4. The molecule has 1 saturated heterocycles. The fraction of sp³-hybridized carbons (Fsp3) is 0.450. The largest absolute Gasteiger partial charge is 0.314 e. The Kier molecular flexibility index (Phi) is 6.79. The zero-order chi connectivity index (χ0) is 17.5.